The monoisotopic (exact) mass is 283 g/mol. The first kappa shape index (κ1) is 12.3. The van der Waals surface area contributed by atoms with Crippen molar-refractivity contribution in [2.45, 2.75) is 6.04 Å². The van der Waals surface area contributed by atoms with E-state index in [4.69, 9.17) is 5.73 Å². The van der Waals surface area contributed by atoms with Crippen molar-refractivity contribution in [1.29, 1.82) is 0 Å². The summed E-state index contributed by atoms with van der Waals surface area (Å²) in [6.07, 6.45) is 1.80. The smallest absolute Gasteiger partial charge is 0.317 e. The lowest BCUT2D eigenvalue weighted by Gasteiger charge is -2.38. The van der Waals surface area contributed by atoms with Crippen molar-refractivity contribution >= 4 is 28.3 Å². The molecule has 1 aromatic heterocycles. The van der Waals surface area contributed by atoms with E-state index in [1.807, 2.05) is 23.1 Å². The number of fused-ring (bicyclic) bond motifs is 2. The number of hydrogen-bond donors (Lipinski definition) is 2. The Bertz CT molecular complexity index is 716. The highest BCUT2D eigenvalue weighted by Crippen LogP contribution is 2.30. The van der Waals surface area contributed by atoms with Crippen molar-refractivity contribution in [3.05, 3.63) is 30.5 Å². The van der Waals surface area contributed by atoms with Gasteiger partial charge >= 0.3 is 6.03 Å². The van der Waals surface area contributed by atoms with E-state index in [2.05, 4.69) is 21.3 Å². The fourth-order valence-corrected chi connectivity index (χ4v) is 3.28. The number of nitrogens with one attached hydrogen (secondary N) is 1. The van der Waals surface area contributed by atoms with Crippen LogP contribution in [0.25, 0.3) is 10.9 Å². The molecule has 6 nitrogen and oxygen atoms in total. The van der Waals surface area contributed by atoms with Crippen LogP contribution >= 0.6 is 0 Å². The number of nitrogens with two attached hydrogens (primary N) is 1. The van der Waals surface area contributed by atoms with Crippen LogP contribution in [0.4, 0.5) is 16.2 Å². The molecule has 0 radical (unpaired) electrons. The Morgan fingerprint density at radius 1 is 1.29 bits per heavy atom. The Balaban J connectivity index is 1.71. The number of anilines is 2. The Labute approximate surface area is 122 Å². The number of nitrogens with zero attached hydrogens (tertiary/aromatic N) is 3. The third-order valence-electron chi connectivity index (χ3n) is 4.35. The Morgan fingerprint density at radius 3 is 3.10 bits per heavy atom. The van der Waals surface area contributed by atoms with Gasteiger partial charge in [0.15, 0.2) is 0 Å². The first-order chi connectivity index (χ1) is 10.2. The van der Waals surface area contributed by atoms with E-state index in [1.165, 1.54) is 0 Å². The molecular weight excluding hydrogens is 266 g/mol. The number of para-hydroxylation sites is 1. The molecule has 2 aromatic rings. The van der Waals surface area contributed by atoms with Crippen LogP contribution in [0.5, 0.6) is 0 Å². The first-order valence-electron chi connectivity index (χ1n) is 7.16. The van der Waals surface area contributed by atoms with Crippen LogP contribution in [0, 0.1) is 0 Å². The lowest BCUT2D eigenvalue weighted by molar-refractivity contribution is 0.198. The van der Waals surface area contributed by atoms with Crippen molar-refractivity contribution in [3.8, 4) is 0 Å². The number of pyridine rings is 1. The fourth-order valence-electron chi connectivity index (χ4n) is 3.28. The molecule has 4 rings (SSSR count). The van der Waals surface area contributed by atoms with Gasteiger partial charge in [0.25, 0.3) is 0 Å². The van der Waals surface area contributed by atoms with E-state index in [1.54, 1.807) is 6.20 Å². The average molecular weight is 283 g/mol. The third kappa shape index (κ3) is 1.86. The number of aromatic nitrogens is 1. The second-order valence-corrected chi connectivity index (χ2v) is 5.55. The van der Waals surface area contributed by atoms with E-state index < -0.39 is 0 Å². The number of piperazine rings is 1. The summed E-state index contributed by atoms with van der Waals surface area (Å²) in [6.45, 7) is 3.15. The molecule has 2 aliphatic rings. The molecule has 2 saturated heterocycles. The molecule has 3 heterocycles. The van der Waals surface area contributed by atoms with Crippen molar-refractivity contribution < 1.29 is 4.79 Å². The van der Waals surface area contributed by atoms with Gasteiger partial charge in [-0.2, -0.15) is 0 Å². The van der Waals surface area contributed by atoms with Gasteiger partial charge in [0.1, 0.15) is 0 Å². The van der Waals surface area contributed by atoms with E-state index in [0.717, 1.165) is 42.8 Å². The summed E-state index contributed by atoms with van der Waals surface area (Å²) in [5.74, 6) is 0. The summed E-state index contributed by atoms with van der Waals surface area (Å²) >= 11 is 0. The van der Waals surface area contributed by atoms with Crippen molar-refractivity contribution in [1.82, 2.24) is 15.2 Å². The van der Waals surface area contributed by atoms with Crippen LogP contribution in [0.3, 0.4) is 0 Å². The number of amides is 2. The van der Waals surface area contributed by atoms with Gasteiger partial charge in [0.05, 0.1) is 17.2 Å². The molecule has 2 aliphatic heterocycles. The minimum absolute atomic E-state index is 0.0588. The molecular formula is C15H17N5O. The molecule has 108 valence electrons. The SMILES string of the molecule is Nc1cccc2c(N3CCN4C(=O)NCC4C3)ccnc12. The van der Waals surface area contributed by atoms with Gasteiger partial charge in [-0.25, -0.2) is 4.79 Å². The predicted octanol–water partition coefficient (Wildman–Crippen LogP) is 1.03. The zero-order valence-corrected chi connectivity index (χ0v) is 11.6. The first-order valence-corrected chi connectivity index (χ1v) is 7.16. The minimum atomic E-state index is 0.0588. The van der Waals surface area contributed by atoms with Gasteiger partial charge in [-0.15, -0.1) is 0 Å². The Morgan fingerprint density at radius 2 is 2.19 bits per heavy atom. The van der Waals surface area contributed by atoms with Gasteiger partial charge in [0.2, 0.25) is 0 Å². The maximum Gasteiger partial charge on any atom is 0.317 e. The molecule has 1 unspecified atom stereocenters. The van der Waals surface area contributed by atoms with Gasteiger partial charge in [-0.1, -0.05) is 12.1 Å². The fraction of sp³-hybridized carbons (Fsp3) is 0.333. The topological polar surface area (TPSA) is 74.5 Å². The van der Waals surface area contributed by atoms with Crippen molar-refractivity contribution in [2.24, 2.45) is 0 Å². The number of carbonyl (C=O) groups excluding carboxylic acids is 1. The molecule has 3 N–H and O–H groups in total. The minimum Gasteiger partial charge on any atom is -0.397 e. The van der Waals surface area contributed by atoms with E-state index in [0.29, 0.717) is 5.69 Å². The zero-order chi connectivity index (χ0) is 14.4. The molecule has 2 amide bonds. The molecule has 0 saturated carbocycles. The molecule has 6 heteroatoms. The number of rotatable bonds is 1. The Hall–Kier alpha value is -2.50. The lowest BCUT2D eigenvalue weighted by atomic mass is 10.1. The zero-order valence-electron chi connectivity index (χ0n) is 11.6. The maximum atomic E-state index is 11.7. The number of nitrogen functional groups attached to an aromatic ring is 1. The van der Waals surface area contributed by atoms with E-state index in [9.17, 15) is 4.79 Å². The highest BCUT2D eigenvalue weighted by Gasteiger charge is 2.35. The van der Waals surface area contributed by atoms with Crippen LogP contribution in [0.2, 0.25) is 0 Å². The van der Waals surface area contributed by atoms with Crippen LogP contribution in [-0.2, 0) is 0 Å². The normalized spacial score (nSPS) is 21.5. The quantitative estimate of drug-likeness (QED) is 0.767. The lowest BCUT2D eigenvalue weighted by Crippen LogP contribution is -2.52. The van der Waals surface area contributed by atoms with Crippen molar-refractivity contribution in [2.75, 3.05) is 36.8 Å². The van der Waals surface area contributed by atoms with Crippen LogP contribution in [-0.4, -0.2) is 48.1 Å². The van der Waals surface area contributed by atoms with E-state index in [-0.39, 0.29) is 12.1 Å². The van der Waals surface area contributed by atoms with Crippen LogP contribution in [0.15, 0.2) is 30.5 Å². The number of hydrogen-bond acceptors (Lipinski definition) is 4. The molecule has 2 fully saturated rings. The summed E-state index contributed by atoms with van der Waals surface area (Å²) in [7, 11) is 0. The van der Waals surface area contributed by atoms with Gasteiger partial charge in [0, 0.05) is 43.4 Å². The number of carbonyl (C=O) groups is 1. The predicted molar refractivity (Wildman–Crippen MR) is 82.3 cm³/mol. The van der Waals surface area contributed by atoms with Gasteiger partial charge < -0.3 is 20.9 Å². The largest absolute Gasteiger partial charge is 0.397 e. The molecule has 21 heavy (non-hydrogen) atoms. The number of benzene rings is 1. The second-order valence-electron chi connectivity index (χ2n) is 5.55. The second kappa shape index (κ2) is 4.51. The third-order valence-corrected chi connectivity index (χ3v) is 4.35. The molecule has 0 spiro atoms. The Kier molecular flexibility index (Phi) is 2.63. The molecule has 0 aliphatic carbocycles. The highest BCUT2D eigenvalue weighted by molar-refractivity contribution is 5.98. The maximum absolute atomic E-state index is 11.7. The van der Waals surface area contributed by atoms with Crippen LogP contribution in [0.1, 0.15) is 0 Å². The number of urea groups is 1. The average Bonchev–Trinajstić information content (AvgIpc) is 2.88. The summed E-state index contributed by atoms with van der Waals surface area (Å²) in [4.78, 5) is 20.3. The summed E-state index contributed by atoms with van der Waals surface area (Å²) in [6, 6.07) is 8.22. The van der Waals surface area contributed by atoms with Crippen LogP contribution < -0.4 is 16.0 Å². The van der Waals surface area contributed by atoms with Gasteiger partial charge in [-0.05, 0) is 12.1 Å². The summed E-state index contributed by atoms with van der Waals surface area (Å²) in [5, 5.41) is 3.98. The van der Waals surface area contributed by atoms with Crippen molar-refractivity contribution in [3.63, 3.8) is 0 Å². The standard InChI is InChI=1S/C15H17N5O/c16-12-3-1-2-11-13(4-5-17-14(11)12)19-6-7-20-10(9-19)8-18-15(20)21/h1-5,10H,6-9,16H2,(H,18,21). The molecule has 1 aromatic carbocycles. The van der Waals surface area contributed by atoms with E-state index >= 15 is 0 Å². The highest BCUT2D eigenvalue weighted by atomic mass is 16.2. The summed E-state index contributed by atoms with van der Waals surface area (Å²) < 4.78 is 0. The molecule has 0 bridgehead atoms. The molecule has 1 atom stereocenters. The summed E-state index contributed by atoms with van der Waals surface area (Å²) in [5.41, 5.74) is 8.70. The van der Waals surface area contributed by atoms with Gasteiger partial charge in [-0.3, -0.25) is 4.98 Å².